The van der Waals surface area contributed by atoms with Crippen LogP contribution in [-0.4, -0.2) is 46.6 Å². The van der Waals surface area contributed by atoms with E-state index in [-0.39, 0.29) is 24.1 Å². The lowest BCUT2D eigenvalue weighted by atomic mass is 10.2. The zero-order chi connectivity index (χ0) is 24.5. The summed E-state index contributed by atoms with van der Waals surface area (Å²) in [5.74, 6) is 1.30. The van der Waals surface area contributed by atoms with Crippen molar-refractivity contribution in [1.29, 1.82) is 0 Å². The summed E-state index contributed by atoms with van der Waals surface area (Å²) in [6, 6.07) is 11.8. The van der Waals surface area contributed by atoms with Crippen LogP contribution in [0, 0.1) is 0 Å². The third-order valence-corrected chi connectivity index (χ3v) is 5.83. The highest BCUT2D eigenvalue weighted by molar-refractivity contribution is 7.99. The van der Waals surface area contributed by atoms with Gasteiger partial charge in [0.2, 0.25) is 5.91 Å². The number of hydrogen-bond donors (Lipinski definition) is 2. The average molecular weight is 502 g/mol. The second kappa shape index (κ2) is 12.1. The van der Waals surface area contributed by atoms with E-state index in [4.69, 9.17) is 21.1 Å². The minimum atomic E-state index is -0.256. The smallest absolute Gasteiger partial charge is 0.251 e. The SMILES string of the molecule is C=CCn1c(CNC(=O)c2ccc(OC)cc2)nnc1SCC(=O)Nc1cc(Cl)ccc1OC. The lowest BCUT2D eigenvalue weighted by molar-refractivity contribution is -0.113. The molecule has 2 N–H and O–H groups in total. The van der Waals surface area contributed by atoms with Crippen LogP contribution in [-0.2, 0) is 17.9 Å². The van der Waals surface area contributed by atoms with Crippen LogP contribution in [0.5, 0.6) is 11.5 Å². The van der Waals surface area contributed by atoms with E-state index >= 15 is 0 Å². The number of rotatable bonds is 11. The summed E-state index contributed by atoms with van der Waals surface area (Å²) in [5, 5.41) is 15.0. The number of hydrogen-bond acceptors (Lipinski definition) is 7. The first-order chi connectivity index (χ1) is 16.4. The Morgan fingerprint density at radius 2 is 1.91 bits per heavy atom. The molecular weight excluding hydrogens is 478 g/mol. The van der Waals surface area contributed by atoms with Crippen molar-refractivity contribution in [3.8, 4) is 11.5 Å². The molecule has 0 aliphatic carbocycles. The predicted octanol–water partition coefficient (Wildman–Crippen LogP) is 3.80. The number of methoxy groups -OCH3 is 2. The fraction of sp³-hybridized carbons (Fsp3) is 0.217. The molecule has 3 rings (SSSR count). The van der Waals surface area contributed by atoms with E-state index < -0.39 is 0 Å². The summed E-state index contributed by atoms with van der Waals surface area (Å²) in [6.45, 7) is 4.35. The molecule has 0 spiro atoms. The predicted molar refractivity (Wildman–Crippen MR) is 132 cm³/mol. The molecule has 0 fully saturated rings. The van der Waals surface area contributed by atoms with Crippen LogP contribution < -0.4 is 20.1 Å². The van der Waals surface area contributed by atoms with Crippen LogP contribution in [0.3, 0.4) is 0 Å². The van der Waals surface area contributed by atoms with Crippen LogP contribution in [0.15, 0.2) is 60.3 Å². The number of ether oxygens (including phenoxy) is 2. The largest absolute Gasteiger partial charge is 0.497 e. The maximum Gasteiger partial charge on any atom is 0.251 e. The van der Waals surface area contributed by atoms with Crippen molar-refractivity contribution in [1.82, 2.24) is 20.1 Å². The van der Waals surface area contributed by atoms with Gasteiger partial charge in [-0.1, -0.05) is 29.4 Å². The molecule has 0 aliphatic heterocycles. The van der Waals surface area contributed by atoms with Gasteiger partial charge < -0.3 is 24.7 Å². The molecule has 1 heterocycles. The van der Waals surface area contributed by atoms with E-state index in [2.05, 4.69) is 27.4 Å². The number of allylic oxidation sites excluding steroid dienone is 1. The number of amides is 2. The number of carbonyl (C=O) groups is 2. The molecule has 0 unspecified atom stereocenters. The van der Waals surface area contributed by atoms with Gasteiger partial charge in [-0.15, -0.1) is 16.8 Å². The number of anilines is 1. The number of nitrogens with zero attached hydrogens (tertiary/aromatic N) is 3. The molecule has 2 aromatic carbocycles. The molecule has 9 nitrogen and oxygen atoms in total. The van der Waals surface area contributed by atoms with E-state index in [1.165, 1.54) is 18.9 Å². The van der Waals surface area contributed by atoms with Crippen molar-refractivity contribution >= 4 is 40.9 Å². The maximum atomic E-state index is 12.5. The first kappa shape index (κ1) is 25.1. The highest BCUT2D eigenvalue weighted by atomic mass is 35.5. The number of halogens is 1. The van der Waals surface area contributed by atoms with Crippen molar-refractivity contribution in [3.63, 3.8) is 0 Å². The molecule has 178 valence electrons. The second-order valence-corrected chi connectivity index (χ2v) is 8.27. The Balaban J connectivity index is 1.62. The van der Waals surface area contributed by atoms with Gasteiger partial charge in [0.15, 0.2) is 11.0 Å². The quantitative estimate of drug-likeness (QED) is 0.304. The van der Waals surface area contributed by atoms with Crippen molar-refractivity contribution in [2.45, 2.75) is 18.2 Å². The van der Waals surface area contributed by atoms with Crippen molar-refractivity contribution in [2.24, 2.45) is 0 Å². The monoisotopic (exact) mass is 501 g/mol. The van der Waals surface area contributed by atoms with E-state index in [9.17, 15) is 9.59 Å². The number of benzene rings is 2. The molecular formula is C23H24ClN5O4S. The molecule has 11 heteroatoms. The normalized spacial score (nSPS) is 10.4. The summed E-state index contributed by atoms with van der Waals surface area (Å²) in [7, 11) is 3.08. The summed E-state index contributed by atoms with van der Waals surface area (Å²) < 4.78 is 12.1. The van der Waals surface area contributed by atoms with Crippen molar-refractivity contribution in [2.75, 3.05) is 25.3 Å². The molecule has 0 saturated carbocycles. The van der Waals surface area contributed by atoms with Gasteiger partial charge in [0.1, 0.15) is 11.5 Å². The molecule has 0 aliphatic rings. The second-order valence-electron chi connectivity index (χ2n) is 6.89. The zero-order valence-electron chi connectivity index (χ0n) is 18.7. The van der Waals surface area contributed by atoms with E-state index in [1.54, 1.807) is 60.2 Å². The minimum Gasteiger partial charge on any atom is -0.497 e. The molecule has 3 aromatic rings. The maximum absolute atomic E-state index is 12.5. The number of thioether (sulfide) groups is 1. The summed E-state index contributed by atoms with van der Waals surface area (Å²) >= 11 is 7.23. The van der Waals surface area contributed by atoms with Gasteiger partial charge in [0.25, 0.3) is 5.91 Å². The number of nitrogens with one attached hydrogen (secondary N) is 2. The van der Waals surface area contributed by atoms with Crippen molar-refractivity contribution in [3.05, 3.63) is 71.5 Å². The lowest BCUT2D eigenvalue weighted by Gasteiger charge is -2.11. The Morgan fingerprint density at radius 3 is 2.59 bits per heavy atom. The van der Waals surface area contributed by atoms with Crippen molar-refractivity contribution < 1.29 is 19.1 Å². The Hall–Kier alpha value is -3.50. The highest BCUT2D eigenvalue weighted by Gasteiger charge is 2.16. The van der Waals surface area contributed by atoms with Crippen LogP contribution in [0.1, 0.15) is 16.2 Å². The topological polar surface area (TPSA) is 107 Å². The standard InChI is InChI=1S/C23H24ClN5O4S/c1-4-11-29-20(13-25-22(31)15-5-8-17(32-2)9-6-15)27-28-23(29)34-14-21(30)26-18-12-16(24)7-10-19(18)33-3/h4-10,12H,1,11,13-14H2,2-3H3,(H,25,31)(H,26,30). The fourth-order valence-electron chi connectivity index (χ4n) is 2.97. The zero-order valence-corrected chi connectivity index (χ0v) is 20.3. The first-order valence-corrected chi connectivity index (χ1v) is 11.5. The van der Waals surface area contributed by atoms with Crippen LogP contribution in [0.4, 0.5) is 5.69 Å². The summed E-state index contributed by atoms with van der Waals surface area (Å²) in [5.41, 5.74) is 0.980. The highest BCUT2D eigenvalue weighted by Crippen LogP contribution is 2.28. The van der Waals surface area contributed by atoms with E-state index in [0.29, 0.717) is 45.3 Å². The van der Waals surface area contributed by atoms with E-state index in [1.807, 2.05) is 0 Å². The molecule has 0 radical (unpaired) electrons. The average Bonchev–Trinajstić information content (AvgIpc) is 3.23. The fourth-order valence-corrected chi connectivity index (χ4v) is 3.91. The molecule has 0 atom stereocenters. The number of carbonyl (C=O) groups excluding carboxylic acids is 2. The third kappa shape index (κ3) is 6.52. The van der Waals surface area contributed by atoms with Gasteiger partial charge in [0, 0.05) is 17.1 Å². The molecule has 0 bridgehead atoms. The van der Waals surface area contributed by atoms with Crippen LogP contribution in [0.2, 0.25) is 5.02 Å². The minimum absolute atomic E-state index is 0.0865. The van der Waals surface area contributed by atoms with Gasteiger partial charge in [0.05, 0.1) is 32.2 Å². The molecule has 1 aromatic heterocycles. The summed E-state index contributed by atoms with van der Waals surface area (Å²) in [4.78, 5) is 24.9. The third-order valence-electron chi connectivity index (χ3n) is 4.63. The van der Waals surface area contributed by atoms with Gasteiger partial charge in [-0.3, -0.25) is 9.59 Å². The Bertz CT molecular complexity index is 1170. The van der Waals surface area contributed by atoms with Gasteiger partial charge in [-0.2, -0.15) is 0 Å². The van der Waals surface area contributed by atoms with Gasteiger partial charge in [-0.05, 0) is 42.5 Å². The molecule has 34 heavy (non-hydrogen) atoms. The van der Waals surface area contributed by atoms with Crippen LogP contribution >= 0.6 is 23.4 Å². The van der Waals surface area contributed by atoms with Gasteiger partial charge >= 0.3 is 0 Å². The molecule has 0 saturated heterocycles. The summed E-state index contributed by atoms with van der Waals surface area (Å²) in [6.07, 6.45) is 1.69. The molecule has 2 amide bonds. The Morgan fingerprint density at radius 1 is 1.15 bits per heavy atom. The lowest BCUT2D eigenvalue weighted by Crippen LogP contribution is -2.24. The van der Waals surface area contributed by atoms with Crippen LogP contribution in [0.25, 0.3) is 0 Å². The number of aromatic nitrogens is 3. The van der Waals surface area contributed by atoms with Gasteiger partial charge in [-0.25, -0.2) is 0 Å². The van der Waals surface area contributed by atoms with E-state index in [0.717, 1.165) is 0 Å². The first-order valence-electron chi connectivity index (χ1n) is 10.2. The Labute approximate surface area is 206 Å². The Kier molecular flexibility index (Phi) is 8.94.